The van der Waals surface area contributed by atoms with E-state index in [0.717, 1.165) is 11.4 Å². The van der Waals surface area contributed by atoms with Crippen LogP contribution in [0.3, 0.4) is 0 Å². The van der Waals surface area contributed by atoms with Gasteiger partial charge in [0.2, 0.25) is 5.91 Å². The summed E-state index contributed by atoms with van der Waals surface area (Å²) < 4.78 is 0. The van der Waals surface area contributed by atoms with E-state index in [0.29, 0.717) is 5.11 Å². The molecule has 1 aromatic carbocycles. The number of nitrogens with one attached hydrogen (secondary N) is 4. The molecular weight excluding hydrogens is 260 g/mol. The highest BCUT2D eigenvalue weighted by Gasteiger charge is 2.20. The molecule has 0 heterocycles. The van der Waals surface area contributed by atoms with Crippen molar-refractivity contribution in [3.05, 3.63) is 24.3 Å². The summed E-state index contributed by atoms with van der Waals surface area (Å²) in [6.07, 6.45) is 0. The lowest BCUT2D eigenvalue weighted by Gasteiger charge is -2.18. The Hall–Kier alpha value is -1.82. The van der Waals surface area contributed by atoms with Crippen LogP contribution in [0, 0.1) is 5.41 Å². The standard InChI is InChI=1S/C13H20N4OS/c1-13(2,3)11(18)17-16-10-7-5-9(6-8-10)15-12(19)14-4/h5-8,16H,1-4H3,(H,17,18)(H2,14,15,19). The third-order valence-electron chi connectivity index (χ3n) is 2.37. The molecule has 1 amide bonds. The smallest absolute Gasteiger partial charge is 0.243 e. The lowest BCUT2D eigenvalue weighted by molar-refractivity contribution is -0.127. The van der Waals surface area contributed by atoms with Gasteiger partial charge in [-0.1, -0.05) is 20.8 Å². The molecule has 6 heteroatoms. The first-order valence-electron chi connectivity index (χ1n) is 5.98. The Kier molecular flexibility index (Phi) is 5.11. The maximum absolute atomic E-state index is 11.7. The van der Waals surface area contributed by atoms with Crippen molar-refractivity contribution in [1.29, 1.82) is 0 Å². The number of hydrazine groups is 1. The number of carbonyl (C=O) groups is 1. The second-order valence-electron chi connectivity index (χ2n) is 5.11. The van der Waals surface area contributed by atoms with Crippen LogP contribution in [-0.4, -0.2) is 18.1 Å². The van der Waals surface area contributed by atoms with Crippen molar-refractivity contribution in [3.63, 3.8) is 0 Å². The van der Waals surface area contributed by atoms with Crippen LogP contribution in [0.15, 0.2) is 24.3 Å². The normalized spacial score (nSPS) is 10.5. The fourth-order valence-electron chi connectivity index (χ4n) is 1.15. The van der Waals surface area contributed by atoms with E-state index in [2.05, 4.69) is 21.5 Å². The molecule has 4 N–H and O–H groups in total. The number of thiocarbonyl (C=S) groups is 1. The van der Waals surface area contributed by atoms with Gasteiger partial charge in [-0.25, -0.2) is 0 Å². The van der Waals surface area contributed by atoms with E-state index in [4.69, 9.17) is 12.2 Å². The van der Waals surface area contributed by atoms with Gasteiger partial charge in [-0.2, -0.15) is 0 Å². The SMILES string of the molecule is CNC(=S)Nc1ccc(NNC(=O)C(C)(C)C)cc1. The molecule has 0 unspecified atom stereocenters. The monoisotopic (exact) mass is 280 g/mol. The first-order valence-corrected chi connectivity index (χ1v) is 6.39. The molecular formula is C13H20N4OS. The summed E-state index contributed by atoms with van der Waals surface area (Å²) in [5.41, 5.74) is 6.80. The Labute approximate surface area is 119 Å². The van der Waals surface area contributed by atoms with E-state index in [1.165, 1.54) is 0 Å². The zero-order valence-electron chi connectivity index (χ0n) is 11.6. The predicted molar refractivity (Wildman–Crippen MR) is 82.9 cm³/mol. The van der Waals surface area contributed by atoms with Crippen LogP contribution in [0.1, 0.15) is 20.8 Å². The Morgan fingerprint density at radius 3 is 2.11 bits per heavy atom. The Morgan fingerprint density at radius 2 is 1.63 bits per heavy atom. The van der Waals surface area contributed by atoms with Gasteiger partial charge in [0.25, 0.3) is 0 Å². The fourth-order valence-corrected chi connectivity index (χ4v) is 1.26. The highest BCUT2D eigenvalue weighted by Crippen LogP contribution is 2.15. The Morgan fingerprint density at radius 1 is 1.11 bits per heavy atom. The van der Waals surface area contributed by atoms with Gasteiger partial charge in [-0.15, -0.1) is 0 Å². The van der Waals surface area contributed by atoms with E-state index in [-0.39, 0.29) is 5.91 Å². The Balaban J connectivity index is 2.53. The molecule has 0 saturated heterocycles. The molecule has 0 aliphatic rings. The molecule has 1 aromatic rings. The largest absolute Gasteiger partial charge is 0.366 e. The van der Waals surface area contributed by atoms with Crippen LogP contribution >= 0.6 is 12.2 Å². The van der Waals surface area contributed by atoms with Crippen molar-refractivity contribution in [2.24, 2.45) is 5.41 Å². The predicted octanol–water partition coefficient (Wildman–Crippen LogP) is 2.09. The number of rotatable bonds is 3. The van der Waals surface area contributed by atoms with E-state index >= 15 is 0 Å². The summed E-state index contributed by atoms with van der Waals surface area (Å²) in [5, 5.41) is 6.40. The average Bonchev–Trinajstić information content (AvgIpc) is 2.36. The van der Waals surface area contributed by atoms with Crippen LogP contribution in [0.2, 0.25) is 0 Å². The van der Waals surface area contributed by atoms with Crippen LogP contribution in [0.25, 0.3) is 0 Å². The minimum absolute atomic E-state index is 0.0638. The van der Waals surface area contributed by atoms with E-state index in [1.807, 2.05) is 45.0 Å². The van der Waals surface area contributed by atoms with Crippen LogP contribution in [0.5, 0.6) is 0 Å². The summed E-state index contributed by atoms with van der Waals surface area (Å²) >= 11 is 5.00. The average molecular weight is 280 g/mol. The first-order chi connectivity index (χ1) is 8.82. The maximum atomic E-state index is 11.7. The second-order valence-corrected chi connectivity index (χ2v) is 5.52. The first kappa shape index (κ1) is 15.2. The third-order valence-corrected chi connectivity index (χ3v) is 2.68. The minimum atomic E-state index is -0.423. The van der Waals surface area contributed by atoms with Gasteiger partial charge in [0.15, 0.2) is 5.11 Å². The van der Waals surface area contributed by atoms with Gasteiger partial charge >= 0.3 is 0 Å². The van der Waals surface area contributed by atoms with Crippen molar-refractivity contribution >= 4 is 34.6 Å². The van der Waals surface area contributed by atoms with Crippen LogP contribution in [-0.2, 0) is 4.79 Å². The number of hydrogen-bond acceptors (Lipinski definition) is 3. The lowest BCUT2D eigenvalue weighted by atomic mass is 9.96. The summed E-state index contributed by atoms with van der Waals surface area (Å²) in [7, 11) is 1.76. The van der Waals surface area contributed by atoms with Gasteiger partial charge in [0.05, 0.1) is 5.69 Å². The Bertz CT molecular complexity index is 451. The van der Waals surface area contributed by atoms with Gasteiger partial charge in [-0.3, -0.25) is 15.6 Å². The molecule has 0 radical (unpaired) electrons. The van der Waals surface area contributed by atoms with Crippen molar-refractivity contribution < 1.29 is 4.79 Å². The number of hydrogen-bond donors (Lipinski definition) is 4. The van der Waals surface area contributed by atoms with Gasteiger partial charge in [0, 0.05) is 18.2 Å². The molecule has 5 nitrogen and oxygen atoms in total. The molecule has 19 heavy (non-hydrogen) atoms. The highest BCUT2D eigenvalue weighted by molar-refractivity contribution is 7.80. The van der Waals surface area contributed by atoms with Crippen LogP contribution in [0.4, 0.5) is 11.4 Å². The topological polar surface area (TPSA) is 65.2 Å². The van der Waals surface area contributed by atoms with E-state index < -0.39 is 5.41 Å². The van der Waals surface area contributed by atoms with Crippen molar-refractivity contribution in [2.75, 3.05) is 17.8 Å². The molecule has 0 atom stereocenters. The molecule has 0 aromatic heterocycles. The van der Waals surface area contributed by atoms with Gasteiger partial charge in [0.1, 0.15) is 0 Å². The molecule has 0 aliphatic carbocycles. The van der Waals surface area contributed by atoms with Crippen molar-refractivity contribution in [1.82, 2.24) is 10.7 Å². The summed E-state index contributed by atoms with van der Waals surface area (Å²) in [6.45, 7) is 5.57. The van der Waals surface area contributed by atoms with Crippen molar-refractivity contribution in [3.8, 4) is 0 Å². The molecule has 0 aliphatic heterocycles. The number of benzene rings is 1. The summed E-state index contributed by atoms with van der Waals surface area (Å²) in [6, 6.07) is 7.44. The second kappa shape index (κ2) is 6.38. The zero-order valence-corrected chi connectivity index (χ0v) is 12.4. The molecule has 0 fully saturated rings. The molecule has 104 valence electrons. The van der Waals surface area contributed by atoms with E-state index in [1.54, 1.807) is 7.05 Å². The van der Waals surface area contributed by atoms with Gasteiger partial charge in [-0.05, 0) is 36.5 Å². The highest BCUT2D eigenvalue weighted by atomic mass is 32.1. The lowest BCUT2D eigenvalue weighted by Crippen LogP contribution is -2.38. The van der Waals surface area contributed by atoms with Crippen molar-refractivity contribution in [2.45, 2.75) is 20.8 Å². The number of amides is 1. The van der Waals surface area contributed by atoms with E-state index in [9.17, 15) is 4.79 Å². The minimum Gasteiger partial charge on any atom is -0.366 e. The number of carbonyl (C=O) groups excluding carboxylic acids is 1. The number of anilines is 2. The molecule has 0 bridgehead atoms. The summed E-state index contributed by atoms with van der Waals surface area (Å²) in [5.74, 6) is -0.0638. The third kappa shape index (κ3) is 5.13. The fraction of sp³-hybridized carbons (Fsp3) is 0.385. The maximum Gasteiger partial charge on any atom is 0.243 e. The van der Waals surface area contributed by atoms with Gasteiger partial charge < -0.3 is 10.6 Å². The zero-order chi connectivity index (χ0) is 14.5. The quantitative estimate of drug-likeness (QED) is 0.504. The van der Waals surface area contributed by atoms with Crippen LogP contribution < -0.4 is 21.5 Å². The molecule has 0 spiro atoms. The molecule has 0 saturated carbocycles. The summed E-state index contributed by atoms with van der Waals surface area (Å²) in [4.78, 5) is 11.7. The molecule has 1 rings (SSSR count).